The fraction of sp³-hybridized carbons (Fsp3) is 0.113. The zero-order valence-electron chi connectivity index (χ0n) is 55.2. The van der Waals surface area contributed by atoms with Crippen LogP contribution in [0.5, 0.6) is 0 Å². The summed E-state index contributed by atoms with van der Waals surface area (Å²) in [7, 11) is 0. The average molecular weight is 1350 g/mol. The van der Waals surface area contributed by atoms with Gasteiger partial charge in [-0.2, -0.15) is 18.4 Å². The number of aryl methyl sites for hydroxylation is 1. The molecule has 0 aromatic heterocycles. The number of nitrogens with zero attached hydrogens (tertiary/aromatic N) is 4. The van der Waals surface area contributed by atoms with E-state index >= 15 is 0 Å². The topological polar surface area (TPSA) is 51.7 Å². The van der Waals surface area contributed by atoms with Crippen LogP contribution in [0.25, 0.3) is 4.85 Å². The van der Waals surface area contributed by atoms with Gasteiger partial charge in [0.25, 0.3) is 5.91 Å². The second-order valence-electron chi connectivity index (χ2n) is 17.7. The van der Waals surface area contributed by atoms with E-state index in [2.05, 4.69) is 419 Å². The van der Waals surface area contributed by atoms with Gasteiger partial charge in [0.15, 0.2) is 16.9 Å². The summed E-state index contributed by atoms with van der Waals surface area (Å²) in [6, 6.07) is 12.7. The van der Waals surface area contributed by atoms with Crippen molar-refractivity contribution in [3.05, 3.63) is 65.0 Å². The fourth-order valence-electron chi connectivity index (χ4n) is 7.05. The quantitative estimate of drug-likeness (QED) is 0.175. The van der Waals surface area contributed by atoms with Gasteiger partial charge in [-0.25, -0.2) is 4.85 Å². The summed E-state index contributed by atoms with van der Waals surface area (Å²) < 4.78 is 40.9. The summed E-state index contributed by atoms with van der Waals surface area (Å²) in [5, 5.41) is 8.38. The Bertz CT molecular complexity index is 6590. The molecule has 106 heavy (non-hydrogen) atoms. The molecule has 4 rings (SSSR count). The number of nitriles is 1. The molecule has 0 bridgehead atoms. The van der Waals surface area contributed by atoms with Crippen LogP contribution < -0.4 is 9.80 Å². The maximum absolute atomic E-state index is 14.0. The van der Waals surface area contributed by atoms with Crippen molar-refractivity contribution in [2.24, 2.45) is 0 Å². The molecule has 1 spiro atoms. The minimum absolute atomic E-state index is 0.0424. The molecule has 1 aliphatic heterocycles. The van der Waals surface area contributed by atoms with Crippen LogP contribution in [0.15, 0.2) is 42.5 Å². The van der Waals surface area contributed by atoms with Gasteiger partial charge in [0.1, 0.15) is 5.54 Å². The predicted molar refractivity (Wildman–Crippen MR) is 410 cm³/mol. The normalized spacial score (nSPS) is 8.59. The maximum atomic E-state index is 14.0. The Morgan fingerprint density at radius 1 is 0.368 bits per heavy atom. The molecule has 468 valence electrons. The molecule has 1 heterocycles. The Labute approximate surface area is 625 Å². The van der Waals surface area contributed by atoms with E-state index in [4.69, 9.17) is 24.1 Å². The van der Waals surface area contributed by atoms with Crippen molar-refractivity contribution in [2.75, 3.05) is 9.80 Å². The molecule has 1 amide bonds. The van der Waals surface area contributed by atoms with Gasteiger partial charge in [-0.1, -0.05) is 61.8 Å². The van der Waals surface area contributed by atoms with E-state index in [1.54, 1.807) is 13.0 Å². The third-order valence-corrected chi connectivity index (χ3v) is 11.3. The minimum atomic E-state index is -4.71. The summed E-state index contributed by atoms with van der Waals surface area (Å²) in [5.74, 6) is 174. The second-order valence-corrected chi connectivity index (χ2v) is 18.1. The van der Waals surface area contributed by atoms with Crippen molar-refractivity contribution in [3.63, 3.8) is 0 Å². The monoisotopic (exact) mass is 1350 g/mol. The van der Waals surface area contributed by atoms with Crippen molar-refractivity contribution >= 4 is 40.3 Å². The van der Waals surface area contributed by atoms with Crippen molar-refractivity contribution in [1.82, 2.24) is 0 Å². The number of hydrogen-bond acceptors (Lipinski definition) is 3. The minimum Gasteiger partial charge on any atom is -0.303 e. The van der Waals surface area contributed by atoms with Gasteiger partial charge in [0, 0.05) is 373 Å². The molecule has 2 aliphatic rings. The highest BCUT2D eigenvalue weighted by molar-refractivity contribution is 7.81. The number of carbonyl (C=O) groups is 1. The first-order chi connectivity index (χ1) is 52.1. The van der Waals surface area contributed by atoms with Gasteiger partial charge >= 0.3 is 6.18 Å². The first-order valence-corrected chi connectivity index (χ1v) is 29.7. The summed E-state index contributed by atoms with van der Waals surface area (Å²) in [6.07, 6.45) is 1.25. The molecule has 1 saturated heterocycles. The highest BCUT2D eigenvalue weighted by Gasteiger charge is 2.56. The third-order valence-electron chi connectivity index (χ3n) is 11.0. The molecule has 9 heteroatoms. The number of carbonyl (C=O) groups excluding carboxylic acids is 1. The first-order valence-electron chi connectivity index (χ1n) is 29.3. The van der Waals surface area contributed by atoms with Crippen LogP contribution in [0.1, 0.15) is 63.0 Å². The lowest BCUT2D eigenvalue weighted by Gasteiger charge is -2.37. The number of rotatable bonds is 2. The lowest BCUT2D eigenvalue weighted by Crippen LogP contribution is -2.50. The van der Waals surface area contributed by atoms with Gasteiger partial charge in [0.05, 0.1) is 12.1 Å². The second kappa shape index (κ2) is 55.5. The van der Waals surface area contributed by atoms with Crippen LogP contribution in [0.3, 0.4) is 0 Å². The zero-order valence-corrected chi connectivity index (χ0v) is 56.0. The van der Waals surface area contributed by atoms with Gasteiger partial charge in [-0.15, -0.1) is 0 Å². The van der Waals surface area contributed by atoms with Gasteiger partial charge in [-0.3, -0.25) is 9.69 Å². The van der Waals surface area contributed by atoms with E-state index in [1.165, 1.54) is 11.0 Å². The van der Waals surface area contributed by atoms with Gasteiger partial charge < -0.3 is 4.90 Å². The number of halogens is 3. The Morgan fingerprint density at radius 2 is 0.594 bits per heavy atom. The number of anilines is 2. The smallest absolute Gasteiger partial charge is 0.303 e. The molecule has 5 nitrogen and oxygen atoms in total. The van der Waals surface area contributed by atoms with E-state index in [0.29, 0.717) is 12.8 Å². The molecule has 0 radical (unpaired) electrons. The summed E-state index contributed by atoms with van der Waals surface area (Å²) >= 11 is 5.75. The molecule has 0 atom stereocenters. The lowest BCUT2D eigenvalue weighted by atomic mass is 9.82. The first kappa shape index (κ1) is 81.4. The molecule has 0 unspecified atom stereocenters. The van der Waals surface area contributed by atoms with Crippen LogP contribution in [0.2, 0.25) is 0 Å². The zero-order chi connectivity index (χ0) is 76.0. The summed E-state index contributed by atoms with van der Waals surface area (Å²) in [6.45, 7) is 10.7. The molecule has 2 aromatic carbocycles. The number of amides is 1. The number of hydrogen-bond donors (Lipinski definition) is 0. The van der Waals surface area contributed by atoms with Crippen molar-refractivity contribution in [2.45, 2.75) is 70.5 Å². The summed E-state index contributed by atoms with van der Waals surface area (Å²) in [4.78, 5) is 20.1. The molecule has 1 saturated carbocycles. The Balaban J connectivity index is 0.000000722. The standard InChI is InChI=1S/C72H3N.C25H24F3N3OS/c1-2-3-4-5-6-7-8-9-10-11-12-13-14-15-16-17-18-19-20-21-22-23-24-25-26-27-28-29-30-31-32-33-34-35-36-37-38-39-40-41-42-43-44-45-46-47-48-49-50-51-52-53-54-55-56-57-58-59-60-61-62-63-64-65-66-67-68-69-70-71-72-73;1-17-8-10-18(11-9-17)31-23(33)30(22(32)24(31)14-6-4-3-5-7-15-24)19-12-13-21(29-2)20(16-19)25(26,27)28/h1H3;8-13,16H,3-7,14-15H2,1H3. The molecule has 2 fully saturated rings. The summed E-state index contributed by atoms with van der Waals surface area (Å²) in [5.41, 5.74) is -0.630. The molecule has 0 N–H and O–H groups in total. The molecule has 2 aromatic rings. The van der Waals surface area contributed by atoms with E-state index in [1.807, 2.05) is 36.1 Å². The van der Waals surface area contributed by atoms with Crippen LogP contribution >= 0.6 is 12.2 Å². The van der Waals surface area contributed by atoms with Crippen LogP contribution in [0, 0.1) is 439 Å². The van der Waals surface area contributed by atoms with E-state index in [0.717, 1.165) is 55.5 Å². The van der Waals surface area contributed by atoms with Crippen molar-refractivity contribution < 1.29 is 18.0 Å². The van der Waals surface area contributed by atoms with Crippen LogP contribution in [0.4, 0.5) is 30.2 Å². The number of benzene rings is 2. The Hall–Kier alpha value is -18.8. The third kappa shape index (κ3) is 37.9. The highest BCUT2D eigenvalue weighted by atomic mass is 32.1. The van der Waals surface area contributed by atoms with E-state index < -0.39 is 23.0 Å². The molecular weight excluding hydrogens is 1330 g/mol. The van der Waals surface area contributed by atoms with E-state index in [-0.39, 0.29) is 16.7 Å². The van der Waals surface area contributed by atoms with Gasteiger partial charge in [-0.05, 0) is 111 Å². The predicted octanol–water partition coefficient (Wildman–Crippen LogP) is 7.83. The largest absolute Gasteiger partial charge is 0.407 e. The SMILES string of the molecule is CC#CC#CC#CC#CC#CC#CC#CC#CC#CC#CC#CC#CC#CC#CC#CC#CC#CC#CC#CC#CC#CC#CC#CC#CC#CC#CC#CC#CC#CC#CC#CC#CC#CC#CC#CC#N.[C-]#[N+]c1ccc(N2C(=O)C3(CCCCCCC3)N(c3ccc(C)cc3)C2=S)cc1C(F)(F)F. The maximum Gasteiger partial charge on any atom is 0.407 e. The Kier molecular flexibility index (Phi) is 42.6. The number of thiocarbonyl (C=S) groups is 1. The molecular formula is C97H27F3N4OS. The average Bonchev–Trinajstić information content (AvgIpc) is 1.57. The highest BCUT2D eigenvalue weighted by Crippen LogP contribution is 2.46. The van der Waals surface area contributed by atoms with Crippen molar-refractivity contribution in [1.29, 1.82) is 5.26 Å². The van der Waals surface area contributed by atoms with Crippen LogP contribution in [-0.4, -0.2) is 16.6 Å². The van der Waals surface area contributed by atoms with Crippen LogP contribution in [-0.2, 0) is 11.0 Å². The van der Waals surface area contributed by atoms with Crippen molar-refractivity contribution in [3.8, 4) is 420 Å². The van der Waals surface area contributed by atoms with Gasteiger partial charge in [0.2, 0.25) is 0 Å². The lowest BCUT2D eigenvalue weighted by molar-refractivity contribution is -0.136. The van der Waals surface area contributed by atoms with E-state index in [9.17, 15) is 18.0 Å². The Morgan fingerprint density at radius 3 is 0.821 bits per heavy atom. The molecule has 1 aliphatic carbocycles. The fourth-order valence-corrected chi connectivity index (χ4v) is 7.52. The number of alkyl halides is 3.